The Morgan fingerprint density at radius 3 is 2.65 bits per heavy atom. The first-order valence-electron chi connectivity index (χ1n) is 15.9. The summed E-state index contributed by atoms with van der Waals surface area (Å²) in [7, 11) is -3.48. The molecule has 1 saturated heterocycles. The predicted octanol–water partition coefficient (Wildman–Crippen LogP) is 3.12. The maximum atomic E-state index is 14.3. The average Bonchev–Trinajstić information content (AvgIpc) is 3.45. The molecule has 3 aliphatic rings. The number of carbonyl (C=O) groups excluding carboxylic acids is 3. The molecule has 0 unspecified atom stereocenters. The number of fused-ring (bicyclic) bond motifs is 5. The van der Waals surface area contributed by atoms with Crippen molar-refractivity contribution in [2.45, 2.75) is 82.9 Å². The molecule has 3 N–H and O–H groups in total. The van der Waals surface area contributed by atoms with Gasteiger partial charge in [0.1, 0.15) is 29.4 Å². The molecule has 1 spiro atoms. The zero-order valence-electron chi connectivity index (χ0n) is 28.0. The molecule has 0 saturated carbocycles. The van der Waals surface area contributed by atoms with E-state index in [-0.39, 0.29) is 36.7 Å². The Labute approximate surface area is 289 Å². The van der Waals surface area contributed by atoms with Crippen molar-refractivity contribution in [2.24, 2.45) is 5.16 Å². The van der Waals surface area contributed by atoms with Gasteiger partial charge >= 0.3 is 14.0 Å². The zero-order chi connectivity index (χ0) is 37.2. The van der Waals surface area contributed by atoms with Gasteiger partial charge in [-0.05, 0) is 39.2 Å². The number of oxime groups is 1. The number of benzene rings is 1. The second-order valence-electron chi connectivity index (χ2n) is 12.3. The van der Waals surface area contributed by atoms with Crippen LogP contribution in [0.5, 0.6) is 5.75 Å². The fourth-order valence-corrected chi connectivity index (χ4v) is 6.99. The number of hydrogen-bond donors (Lipinski definition) is 3. The van der Waals surface area contributed by atoms with Crippen molar-refractivity contribution in [1.29, 1.82) is 0 Å². The van der Waals surface area contributed by atoms with Crippen LogP contribution in [0, 0.1) is 11.6 Å². The van der Waals surface area contributed by atoms with E-state index in [0.717, 1.165) is 12.1 Å². The number of nitrogens with one attached hydrogen (secondary N) is 1. The highest BCUT2D eigenvalue weighted by Crippen LogP contribution is 2.46. The third-order valence-corrected chi connectivity index (χ3v) is 9.61. The van der Waals surface area contributed by atoms with Gasteiger partial charge in [0.15, 0.2) is 11.3 Å². The summed E-state index contributed by atoms with van der Waals surface area (Å²) in [6, 6.07) is 1.72. The van der Waals surface area contributed by atoms with Gasteiger partial charge in [-0.1, -0.05) is 18.1 Å². The molecule has 278 valence electrons. The van der Waals surface area contributed by atoms with Crippen molar-refractivity contribution in [1.82, 2.24) is 14.8 Å². The van der Waals surface area contributed by atoms with Crippen LogP contribution in [0.25, 0.3) is 0 Å². The molecule has 4 heterocycles. The molecule has 5 rings (SSSR count). The number of rotatable bonds is 11. The van der Waals surface area contributed by atoms with Crippen molar-refractivity contribution in [3.05, 3.63) is 63.1 Å². The molecule has 2 bridgehead atoms. The van der Waals surface area contributed by atoms with Crippen molar-refractivity contribution in [3.8, 4) is 5.75 Å². The van der Waals surface area contributed by atoms with Crippen LogP contribution >= 0.6 is 7.82 Å². The molecule has 0 radical (unpaired) electrons. The summed E-state index contributed by atoms with van der Waals surface area (Å²) in [5, 5.41) is 6.49. The van der Waals surface area contributed by atoms with E-state index in [4.69, 9.17) is 33.6 Å². The lowest BCUT2D eigenvalue weighted by Crippen LogP contribution is -2.52. The van der Waals surface area contributed by atoms with Gasteiger partial charge in [0, 0.05) is 37.0 Å². The number of pyridine rings is 1. The number of aromatic nitrogens is 1. The number of halogens is 2. The Morgan fingerprint density at radius 1 is 1.25 bits per heavy atom. The summed E-state index contributed by atoms with van der Waals surface area (Å²) in [6.45, 7) is 3.35. The fraction of sp³-hybridized carbons (Fsp3) is 0.516. The van der Waals surface area contributed by atoms with Gasteiger partial charge in [0.2, 0.25) is 23.9 Å². The Balaban J connectivity index is 1.48. The van der Waals surface area contributed by atoms with Crippen LogP contribution in [0.1, 0.15) is 78.9 Å². The first-order chi connectivity index (χ1) is 24.1. The van der Waals surface area contributed by atoms with Crippen molar-refractivity contribution in [3.63, 3.8) is 0 Å². The standard InChI is InChI=1S/C31H37F2N4O13P/c1-5-22(49-51(42,43)44)17(3)48-30(41)47-15-46-27-25-29(40)36-14-23(31(9-8-16(36)2)11-24(45-4)35-50-31)37(25)13-20(26(27)38)28(39)34-12-18-6-7-19(32)10-21(18)33/h6-7,10,13,16-17,22-23H,5,8-9,11-12,14-15H2,1-4H3,(H,34,39)(H2,42,43,44)/t16-,17-,22-,23+,31-/m0/s1. The molecule has 0 aliphatic carbocycles. The Bertz CT molecular complexity index is 1830. The van der Waals surface area contributed by atoms with Gasteiger partial charge in [-0.15, -0.1) is 0 Å². The lowest BCUT2D eigenvalue weighted by Gasteiger charge is -2.42. The SMILES string of the molecule is CC[C@H](OP(=O)(O)O)[C@H](C)OC(=O)OCOc1c2n(cc(C(=O)NCc3ccc(F)cc3F)c1=O)[C@@H]1CN(C2=O)[C@@H](C)CC[C@]12CC(OC)=NO2. The molecule has 3 aliphatic heterocycles. The number of phosphoric acid groups is 1. The minimum absolute atomic E-state index is 0.0575. The molecular weight excluding hydrogens is 705 g/mol. The van der Waals surface area contributed by atoms with Crippen LogP contribution in [-0.4, -0.2) is 87.4 Å². The number of ether oxygens (including phenoxy) is 4. The van der Waals surface area contributed by atoms with Gasteiger partial charge in [0.25, 0.3) is 11.8 Å². The van der Waals surface area contributed by atoms with Crippen LogP contribution in [0.2, 0.25) is 0 Å². The minimum atomic E-state index is -4.91. The van der Waals surface area contributed by atoms with Crippen LogP contribution in [-0.2, 0) is 34.7 Å². The highest BCUT2D eigenvalue weighted by Gasteiger charge is 2.55. The van der Waals surface area contributed by atoms with Crippen molar-refractivity contribution in [2.75, 3.05) is 20.4 Å². The summed E-state index contributed by atoms with van der Waals surface area (Å²) in [4.78, 5) is 79.7. The van der Waals surface area contributed by atoms with Gasteiger partial charge < -0.3 is 48.4 Å². The van der Waals surface area contributed by atoms with Crippen LogP contribution in [0.4, 0.5) is 13.6 Å². The number of amides is 2. The third kappa shape index (κ3) is 8.01. The van der Waals surface area contributed by atoms with Gasteiger partial charge in [0.05, 0.1) is 19.6 Å². The van der Waals surface area contributed by atoms with Gasteiger partial charge in [-0.3, -0.25) is 18.9 Å². The van der Waals surface area contributed by atoms with E-state index in [2.05, 4.69) is 15.0 Å². The summed E-state index contributed by atoms with van der Waals surface area (Å²) < 4.78 is 66.0. The monoisotopic (exact) mass is 742 g/mol. The maximum absolute atomic E-state index is 14.3. The number of nitrogens with zero attached hydrogens (tertiary/aromatic N) is 3. The number of phosphoric ester groups is 1. The third-order valence-electron chi connectivity index (χ3n) is 9.06. The van der Waals surface area contributed by atoms with E-state index in [9.17, 15) is 32.5 Å². The van der Waals surface area contributed by atoms with Crippen LogP contribution in [0.3, 0.4) is 0 Å². The van der Waals surface area contributed by atoms with Crippen LogP contribution < -0.4 is 15.5 Å². The summed E-state index contributed by atoms with van der Waals surface area (Å²) in [6.07, 6.45) is -1.42. The lowest BCUT2D eigenvalue weighted by atomic mass is 9.85. The number of methoxy groups -OCH3 is 1. The smallest absolute Gasteiger partial charge is 0.482 e. The highest BCUT2D eigenvalue weighted by molar-refractivity contribution is 7.46. The molecule has 51 heavy (non-hydrogen) atoms. The minimum Gasteiger partial charge on any atom is -0.482 e. The molecule has 20 heteroatoms. The average molecular weight is 743 g/mol. The Morgan fingerprint density at radius 2 is 2.00 bits per heavy atom. The van der Waals surface area contributed by atoms with Crippen molar-refractivity contribution < 1.29 is 65.8 Å². The first kappa shape index (κ1) is 37.7. The lowest BCUT2D eigenvalue weighted by molar-refractivity contribution is -0.0660. The van der Waals surface area contributed by atoms with E-state index in [0.29, 0.717) is 24.8 Å². The second-order valence-corrected chi connectivity index (χ2v) is 13.5. The van der Waals surface area contributed by atoms with E-state index in [1.54, 1.807) is 6.92 Å². The van der Waals surface area contributed by atoms with Gasteiger partial charge in [-0.25, -0.2) is 18.1 Å². The molecule has 1 aromatic carbocycles. The molecule has 1 fully saturated rings. The summed E-state index contributed by atoms with van der Waals surface area (Å²) in [5.41, 5.74) is -2.99. The predicted molar refractivity (Wildman–Crippen MR) is 170 cm³/mol. The van der Waals surface area contributed by atoms with E-state index in [1.807, 2.05) is 6.92 Å². The number of carbonyl (C=O) groups is 3. The molecular formula is C31H37F2N4O13P. The topological polar surface area (TPSA) is 214 Å². The van der Waals surface area contributed by atoms with E-state index < -0.39 is 91.4 Å². The van der Waals surface area contributed by atoms with E-state index >= 15 is 0 Å². The molecule has 5 atom stereocenters. The molecule has 2 aromatic rings. The number of hydrogen-bond acceptors (Lipinski definition) is 12. The van der Waals surface area contributed by atoms with Gasteiger partial charge in [-0.2, -0.15) is 0 Å². The zero-order valence-corrected chi connectivity index (χ0v) is 28.9. The Hall–Kier alpha value is -4.58. The van der Waals surface area contributed by atoms with Crippen molar-refractivity contribution >= 4 is 31.7 Å². The van der Waals surface area contributed by atoms with E-state index in [1.165, 1.54) is 29.7 Å². The molecule has 1 aromatic heterocycles. The molecule has 17 nitrogen and oxygen atoms in total. The largest absolute Gasteiger partial charge is 0.511 e. The summed E-state index contributed by atoms with van der Waals surface area (Å²) >= 11 is 0. The molecule has 2 amide bonds. The first-order valence-corrected chi connectivity index (χ1v) is 17.4. The van der Waals surface area contributed by atoms with Crippen LogP contribution in [0.15, 0.2) is 34.3 Å². The highest BCUT2D eigenvalue weighted by atomic mass is 31.2. The quantitative estimate of drug-likeness (QED) is 0.172. The normalized spacial score (nSPS) is 22.2. The maximum Gasteiger partial charge on any atom is 0.511 e. The second kappa shape index (κ2) is 15.0. The summed E-state index contributed by atoms with van der Waals surface area (Å²) in [5.74, 6) is -3.71. The fourth-order valence-electron chi connectivity index (χ4n) is 6.31. The Kier molecular flexibility index (Phi) is 11.0.